The Bertz CT molecular complexity index is 612. The Morgan fingerprint density at radius 2 is 1.82 bits per heavy atom. The predicted molar refractivity (Wildman–Crippen MR) is 94.1 cm³/mol. The molecule has 1 aliphatic rings. The van der Waals surface area contributed by atoms with Crippen molar-refractivity contribution in [1.29, 1.82) is 0 Å². The summed E-state index contributed by atoms with van der Waals surface area (Å²) in [6.45, 7) is 4.52. The second-order valence-corrected chi connectivity index (χ2v) is 6.65. The van der Waals surface area contributed by atoms with Crippen LogP contribution in [0.2, 0.25) is 0 Å². The minimum Gasteiger partial charge on any atom is -0.253 e. The lowest BCUT2D eigenvalue weighted by Gasteiger charge is -2.24. The van der Waals surface area contributed by atoms with Gasteiger partial charge in [-0.1, -0.05) is 63.4 Å². The van der Waals surface area contributed by atoms with E-state index in [1.165, 1.54) is 54.5 Å². The lowest BCUT2D eigenvalue weighted by atomic mass is 9.84. The Morgan fingerprint density at radius 3 is 2.55 bits per heavy atom. The Labute approximate surface area is 134 Å². The Kier molecular flexibility index (Phi) is 4.92. The highest BCUT2D eigenvalue weighted by Gasteiger charge is 2.19. The molecule has 0 saturated carbocycles. The van der Waals surface area contributed by atoms with E-state index in [-0.39, 0.29) is 0 Å². The van der Waals surface area contributed by atoms with Gasteiger partial charge >= 0.3 is 0 Å². The van der Waals surface area contributed by atoms with Gasteiger partial charge in [-0.25, -0.2) is 0 Å². The van der Waals surface area contributed by atoms with Gasteiger partial charge in [-0.3, -0.25) is 4.98 Å². The normalized spacial score (nSPS) is 17.3. The molecule has 1 heterocycles. The van der Waals surface area contributed by atoms with Crippen LogP contribution in [-0.2, 0) is 19.3 Å². The monoisotopic (exact) mass is 293 g/mol. The van der Waals surface area contributed by atoms with Gasteiger partial charge < -0.3 is 0 Å². The molecule has 116 valence electrons. The van der Waals surface area contributed by atoms with E-state index in [1.54, 1.807) is 0 Å². The van der Waals surface area contributed by atoms with Crippen LogP contribution in [0.25, 0.3) is 11.3 Å². The number of aromatic nitrogens is 1. The molecule has 3 rings (SSSR count). The lowest BCUT2D eigenvalue weighted by Crippen LogP contribution is -2.15. The molecule has 1 aromatic heterocycles. The molecule has 1 atom stereocenters. The van der Waals surface area contributed by atoms with Crippen LogP contribution >= 0.6 is 0 Å². The van der Waals surface area contributed by atoms with Crippen LogP contribution in [0, 0.1) is 5.92 Å². The van der Waals surface area contributed by atoms with Gasteiger partial charge in [0.05, 0.1) is 5.69 Å². The second kappa shape index (κ2) is 7.09. The maximum absolute atomic E-state index is 4.95. The Hall–Kier alpha value is -1.63. The molecule has 0 amide bonds. The predicted octanol–water partition coefficient (Wildman–Crippen LogP) is 5.61. The summed E-state index contributed by atoms with van der Waals surface area (Å²) < 4.78 is 0. The first kappa shape index (κ1) is 15.3. The fourth-order valence-electron chi connectivity index (χ4n) is 3.63. The summed E-state index contributed by atoms with van der Waals surface area (Å²) in [5.74, 6) is 0.874. The second-order valence-electron chi connectivity index (χ2n) is 6.65. The van der Waals surface area contributed by atoms with Crippen molar-refractivity contribution in [1.82, 2.24) is 4.98 Å². The third-order valence-electron chi connectivity index (χ3n) is 4.85. The smallest absolute Gasteiger partial charge is 0.0705 e. The molecule has 1 unspecified atom stereocenters. The number of nitrogens with zero attached hydrogens (tertiary/aromatic N) is 1. The molecule has 0 aliphatic heterocycles. The third kappa shape index (κ3) is 3.40. The summed E-state index contributed by atoms with van der Waals surface area (Å²) in [5, 5.41) is 0. The summed E-state index contributed by atoms with van der Waals surface area (Å²) in [6.07, 6.45) is 8.72. The zero-order valence-corrected chi connectivity index (χ0v) is 13.9. The summed E-state index contributed by atoms with van der Waals surface area (Å²) in [7, 11) is 0. The van der Waals surface area contributed by atoms with Crippen molar-refractivity contribution in [2.45, 2.75) is 58.8 Å². The van der Waals surface area contributed by atoms with Crippen molar-refractivity contribution in [3.05, 3.63) is 53.2 Å². The quantitative estimate of drug-likeness (QED) is 0.698. The molecule has 0 N–H and O–H groups in total. The van der Waals surface area contributed by atoms with E-state index in [2.05, 4.69) is 50.2 Å². The summed E-state index contributed by atoms with van der Waals surface area (Å²) >= 11 is 0. The minimum atomic E-state index is 0.874. The van der Waals surface area contributed by atoms with Crippen LogP contribution in [0.15, 0.2) is 36.4 Å². The first-order chi connectivity index (χ1) is 10.8. The molecule has 1 nitrogen and oxygen atoms in total. The third-order valence-corrected chi connectivity index (χ3v) is 4.85. The molecule has 1 aromatic carbocycles. The summed E-state index contributed by atoms with van der Waals surface area (Å²) in [6, 6.07) is 13.5. The Balaban J connectivity index is 1.79. The van der Waals surface area contributed by atoms with E-state index in [4.69, 9.17) is 4.98 Å². The number of fused-ring (bicyclic) bond motifs is 1. The van der Waals surface area contributed by atoms with Crippen LogP contribution in [0.1, 0.15) is 56.4 Å². The van der Waals surface area contributed by atoms with Gasteiger partial charge in [0, 0.05) is 11.3 Å². The number of hydrogen-bond donors (Lipinski definition) is 0. The highest BCUT2D eigenvalue weighted by molar-refractivity contribution is 5.60. The molecule has 0 saturated heterocycles. The average Bonchev–Trinajstić information content (AvgIpc) is 2.56. The maximum Gasteiger partial charge on any atom is 0.0705 e. The highest BCUT2D eigenvalue weighted by Crippen LogP contribution is 2.29. The van der Waals surface area contributed by atoms with Crippen LogP contribution in [-0.4, -0.2) is 4.98 Å². The van der Waals surface area contributed by atoms with Crippen LogP contribution < -0.4 is 0 Å². The van der Waals surface area contributed by atoms with Gasteiger partial charge in [0.15, 0.2) is 0 Å². The van der Waals surface area contributed by atoms with E-state index < -0.39 is 0 Å². The van der Waals surface area contributed by atoms with Crippen molar-refractivity contribution < 1.29 is 0 Å². The van der Waals surface area contributed by atoms with E-state index in [1.807, 2.05) is 0 Å². The fraction of sp³-hybridized carbons (Fsp3) is 0.476. The number of aryl methyl sites for hydroxylation is 2. The molecule has 1 aliphatic carbocycles. The van der Waals surface area contributed by atoms with Crippen molar-refractivity contribution in [2.75, 3.05) is 0 Å². The van der Waals surface area contributed by atoms with E-state index in [9.17, 15) is 0 Å². The zero-order valence-electron chi connectivity index (χ0n) is 13.9. The number of rotatable bonds is 5. The lowest BCUT2D eigenvalue weighted by molar-refractivity contribution is 0.418. The summed E-state index contributed by atoms with van der Waals surface area (Å²) in [5.41, 5.74) is 6.62. The first-order valence-electron chi connectivity index (χ1n) is 8.88. The molecule has 0 bridgehead atoms. The SMILES string of the molecule is CCCc1ccc(-c2ccc3c(n2)CCC(CCC)C3)cc1. The molecular formula is C21H27N. The average molecular weight is 293 g/mol. The molecule has 1 heteroatoms. The van der Waals surface area contributed by atoms with Gasteiger partial charge in [0.2, 0.25) is 0 Å². The van der Waals surface area contributed by atoms with Crippen molar-refractivity contribution in [2.24, 2.45) is 5.92 Å². The standard InChI is InChI=1S/C21H27N/c1-3-5-16-7-10-18(11-8-16)20-14-12-19-15-17(6-4-2)9-13-21(19)22-20/h7-8,10-12,14,17H,3-6,9,13,15H2,1-2H3. The van der Waals surface area contributed by atoms with Gasteiger partial charge in [-0.2, -0.15) is 0 Å². The number of pyridine rings is 1. The van der Waals surface area contributed by atoms with Crippen molar-refractivity contribution in [3.8, 4) is 11.3 Å². The molecule has 0 spiro atoms. The minimum absolute atomic E-state index is 0.874. The van der Waals surface area contributed by atoms with Crippen molar-refractivity contribution in [3.63, 3.8) is 0 Å². The van der Waals surface area contributed by atoms with Crippen LogP contribution in [0.4, 0.5) is 0 Å². The van der Waals surface area contributed by atoms with Gasteiger partial charge in [0.1, 0.15) is 0 Å². The zero-order chi connectivity index (χ0) is 15.4. The van der Waals surface area contributed by atoms with Crippen LogP contribution in [0.5, 0.6) is 0 Å². The highest BCUT2D eigenvalue weighted by atomic mass is 14.7. The van der Waals surface area contributed by atoms with Gasteiger partial charge in [0.25, 0.3) is 0 Å². The largest absolute Gasteiger partial charge is 0.253 e. The Morgan fingerprint density at radius 1 is 1.00 bits per heavy atom. The molecule has 2 aromatic rings. The first-order valence-corrected chi connectivity index (χ1v) is 8.88. The van der Waals surface area contributed by atoms with E-state index >= 15 is 0 Å². The number of hydrogen-bond acceptors (Lipinski definition) is 1. The molecule has 0 fully saturated rings. The van der Waals surface area contributed by atoms with Crippen molar-refractivity contribution >= 4 is 0 Å². The van der Waals surface area contributed by atoms with Crippen LogP contribution in [0.3, 0.4) is 0 Å². The van der Waals surface area contributed by atoms with E-state index in [0.29, 0.717) is 0 Å². The van der Waals surface area contributed by atoms with E-state index in [0.717, 1.165) is 24.5 Å². The maximum atomic E-state index is 4.95. The topological polar surface area (TPSA) is 12.9 Å². The molecule has 22 heavy (non-hydrogen) atoms. The van der Waals surface area contributed by atoms with Gasteiger partial charge in [-0.05, 0) is 48.8 Å². The fourth-order valence-corrected chi connectivity index (χ4v) is 3.63. The summed E-state index contributed by atoms with van der Waals surface area (Å²) in [4.78, 5) is 4.95. The molecule has 0 radical (unpaired) electrons. The number of benzene rings is 1. The van der Waals surface area contributed by atoms with Gasteiger partial charge in [-0.15, -0.1) is 0 Å². The molecular weight excluding hydrogens is 266 g/mol.